The molecular weight excluding hydrogens is 182 g/mol. The average molecular weight is 194 g/mol. The molecule has 1 atom stereocenters. The lowest BCUT2D eigenvalue weighted by Crippen LogP contribution is -2.14. The van der Waals surface area contributed by atoms with Crippen molar-refractivity contribution in [3.63, 3.8) is 0 Å². The molecule has 1 saturated heterocycles. The molecule has 0 radical (unpaired) electrons. The zero-order valence-electron chi connectivity index (χ0n) is 6.69. The molecule has 0 saturated carbocycles. The predicted octanol–water partition coefficient (Wildman–Crippen LogP) is 0.796. The van der Waals surface area contributed by atoms with Gasteiger partial charge in [-0.2, -0.15) is 0 Å². The molecule has 0 aromatic carbocycles. The summed E-state index contributed by atoms with van der Waals surface area (Å²) in [6.45, 7) is 1.77. The Hall–Kier alpha value is -0.550. The highest BCUT2D eigenvalue weighted by molar-refractivity contribution is 6.17. The number of aliphatic hydroxyl groups is 1. The first-order valence-electron chi connectivity index (χ1n) is 3.81. The molecule has 0 aromatic rings. The van der Waals surface area contributed by atoms with Crippen molar-refractivity contribution < 1.29 is 9.94 Å². The smallest absolute Gasteiger partial charge is 0.192 e. The van der Waals surface area contributed by atoms with E-state index < -0.39 is 0 Å². The van der Waals surface area contributed by atoms with Gasteiger partial charge in [-0.15, -0.1) is 0 Å². The van der Waals surface area contributed by atoms with Gasteiger partial charge in [-0.3, -0.25) is 5.01 Å². The summed E-state index contributed by atoms with van der Waals surface area (Å²) in [6.07, 6.45) is 0.955. The molecule has 0 bridgehead atoms. The van der Waals surface area contributed by atoms with Gasteiger partial charge in [-0.05, 0) is 11.6 Å². The van der Waals surface area contributed by atoms with Crippen molar-refractivity contribution in [1.29, 1.82) is 0 Å². The van der Waals surface area contributed by atoms with Crippen LogP contribution in [0.4, 0.5) is 0 Å². The van der Waals surface area contributed by atoms with Crippen molar-refractivity contribution in [2.24, 2.45) is 16.4 Å². The summed E-state index contributed by atoms with van der Waals surface area (Å²) in [6, 6.07) is 0.0147. The van der Waals surface area contributed by atoms with Gasteiger partial charge < -0.3 is 9.94 Å². The fraction of sp³-hybridized carbons (Fsp3) is 1.00. The second-order valence-electron chi connectivity index (χ2n) is 2.66. The van der Waals surface area contributed by atoms with E-state index >= 15 is 0 Å². The largest absolute Gasteiger partial charge is 0.396 e. The molecule has 1 N–H and O–H groups in total. The normalized spacial score (nSPS) is 23.8. The lowest BCUT2D eigenvalue weighted by Gasteiger charge is -2.07. The molecule has 5 nitrogen and oxygen atoms in total. The molecule has 1 heterocycles. The van der Waals surface area contributed by atoms with Crippen LogP contribution in [0.25, 0.3) is 0 Å². The van der Waals surface area contributed by atoms with E-state index in [0.717, 1.165) is 19.5 Å². The van der Waals surface area contributed by atoms with E-state index in [1.165, 1.54) is 0 Å². The van der Waals surface area contributed by atoms with Crippen molar-refractivity contribution in [3.8, 4) is 0 Å². The van der Waals surface area contributed by atoms with E-state index in [0.29, 0.717) is 5.92 Å². The third-order valence-electron chi connectivity index (χ3n) is 1.79. The highest BCUT2D eigenvalue weighted by Crippen LogP contribution is 2.15. The first-order valence-corrected chi connectivity index (χ1v) is 4.35. The van der Waals surface area contributed by atoms with Crippen LogP contribution in [0.2, 0.25) is 0 Å². The maximum atomic E-state index is 8.80. The van der Waals surface area contributed by atoms with Crippen molar-refractivity contribution in [3.05, 3.63) is 0 Å². The third-order valence-corrected chi connectivity index (χ3v) is 1.89. The Morgan fingerprint density at radius 2 is 2.50 bits per heavy atom. The lowest BCUT2D eigenvalue weighted by atomic mass is 10.1. The van der Waals surface area contributed by atoms with Crippen LogP contribution in [0.15, 0.2) is 10.5 Å². The maximum absolute atomic E-state index is 8.80. The van der Waals surface area contributed by atoms with Gasteiger partial charge >= 0.3 is 0 Å². The molecule has 12 heavy (non-hydrogen) atoms. The van der Waals surface area contributed by atoms with Gasteiger partial charge in [0.2, 0.25) is 0 Å². The molecule has 0 spiro atoms. The highest BCUT2D eigenvalue weighted by Gasteiger charge is 2.20. The summed E-state index contributed by atoms with van der Waals surface area (Å²) in [4.78, 5) is 4.48. The zero-order chi connectivity index (χ0) is 8.81. The van der Waals surface area contributed by atoms with Crippen LogP contribution < -0.4 is 0 Å². The Bertz CT molecular complexity index is 156. The summed E-state index contributed by atoms with van der Waals surface area (Å²) < 4.78 is 0. The highest BCUT2D eigenvalue weighted by atomic mass is 35.5. The minimum absolute atomic E-state index is 0.0147. The van der Waals surface area contributed by atoms with E-state index in [2.05, 4.69) is 15.3 Å². The van der Waals surface area contributed by atoms with Crippen LogP contribution in [-0.2, 0) is 4.84 Å². The second kappa shape index (κ2) is 5.16. The molecule has 1 fully saturated rings. The van der Waals surface area contributed by atoms with E-state index in [1.54, 1.807) is 5.01 Å². The van der Waals surface area contributed by atoms with E-state index in [-0.39, 0.29) is 12.7 Å². The van der Waals surface area contributed by atoms with Crippen molar-refractivity contribution in [2.45, 2.75) is 6.42 Å². The molecule has 6 heteroatoms. The number of rotatable bonds is 4. The summed E-state index contributed by atoms with van der Waals surface area (Å²) in [7, 11) is 0. The van der Waals surface area contributed by atoms with Gasteiger partial charge in [-0.1, -0.05) is 11.6 Å². The van der Waals surface area contributed by atoms with Crippen LogP contribution in [0.3, 0.4) is 0 Å². The Morgan fingerprint density at radius 1 is 1.67 bits per heavy atom. The molecule has 0 amide bonds. The molecule has 1 rings (SSSR count). The number of halogens is 1. The first kappa shape index (κ1) is 9.54. The molecule has 0 aliphatic carbocycles. The zero-order valence-corrected chi connectivity index (χ0v) is 7.44. The second-order valence-corrected chi connectivity index (χ2v) is 2.88. The molecule has 1 aliphatic heterocycles. The van der Waals surface area contributed by atoms with Gasteiger partial charge in [0.15, 0.2) is 6.07 Å². The van der Waals surface area contributed by atoms with Crippen LogP contribution >= 0.6 is 11.6 Å². The van der Waals surface area contributed by atoms with E-state index in [9.17, 15) is 0 Å². The SMILES string of the molecule is OCC1CCN(N=NOCCl)C1. The van der Waals surface area contributed by atoms with E-state index in [1.807, 2.05) is 0 Å². The van der Waals surface area contributed by atoms with Gasteiger partial charge in [-0.25, -0.2) is 0 Å². The summed E-state index contributed by atoms with van der Waals surface area (Å²) in [5, 5.41) is 17.7. The minimum atomic E-state index is 0.0147. The summed E-state index contributed by atoms with van der Waals surface area (Å²) in [5.74, 6) is 0.319. The molecular formula is C6H12ClN3O2. The topological polar surface area (TPSA) is 57.4 Å². The van der Waals surface area contributed by atoms with Gasteiger partial charge in [0, 0.05) is 30.9 Å². The van der Waals surface area contributed by atoms with Crippen LogP contribution in [-0.4, -0.2) is 35.9 Å². The summed E-state index contributed by atoms with van der Waals surface area (Å²) >= 11 is 5.21. The number of nitrogens with zero attached hydrogens (tertiary/aromatic N) is 3. The predicted molar refractivity (Wildman–Crippen MR) is 43.4 cm³/mol. The van der Waals surface area contributed by atoms with Crippen molar-refractivity contribution in [1.82, 2.24) is 5.01 Å². The fourth-order valence-corrected chi connectivity index (χ4v) is 1.19. The van der Waals surface area contributed by atoms with E-state index in [4.69, 9.17) is 16.7 Å². The van der Waals surface area contributed by atoms with Crippen LogP contribution in [0, 0.1) is 5.92 Å². The van der Waals surface area contributed by atoms with Crippen LogP contribution in [0.1, 0.15) is 6.42 Å². The number of alkyl halides is 1. The number of hydrogen-bond acceptors (Lipinski definition) is 4. The molecule has 1 aliphatic rings. The Balaban J connectivity index is 2.18. The van der Waals surface area contributed by atoms with Gasteiger partial charge in [0.05, 0.1) is 0 Å². The Labute approximate surface area is 75.9 Å². The molecule has 1 unspecified atom stereocenters. The average Bonchev–Trinajstić information content (AvgIpc) is 2.53. The number of hydrogen-bond donors (Lipinski definition) is 1. The molecule has 70 valence electrons. The van der Waals surface area contributed by atoms with Gasteiger partial charge in [0.1, 0.15) is 0 Å². The minimum Gasteiger partial charge on any atom is -0.396 e. The Kier molecular flexibility index (Phi) is 4.10. The first-order chi connectivity index (χ1) is 5.86. The monoisotopic (exact) mass is 193 g/mol. The summed E-state index contributed by atoms with van der Waals surface area (Å²) in [5.41, 5.74) is 0. The van der Waals surface area contributed by atoms with Gasteiger partial charge in [0.25, 0.3) is 0 Å². The third kappa shape index (κ3) is 2.83. The van der Waals surface area contributed by atoms with Crippen LogP contribution in [0.5, 0.6) is 0 Å². The Morgan fingerprint density at radius 3 is 3.08 bits per heavy atom. The fourth-order valence-electron chi connectivity index (χ4n) is 1.14. The van der Waals surface area contributed by atoms with Crippen molar-refractivity contribution >= 4 is 11.6 Å². The lowest BCUT2D eigenvalue weighted by molar-refractivity contribution is 0.130. The maximum Gasteiger partial charge on any atom is 0.192 e. The van der Waals surface area contributed by atoms with Crippen molar-refractivity contribution in [2.75, 3.05) is 25.8 Å². The number of aliphatic hydroxyl groups excluding tert-OH is 1. The molecule has 0 aromatic heterocycles. The quantitative estimate of drug-likeness (QED) is 0.408. The standard InChI is InChI=1S/C6H12ClN3O2/c7-5-12-9-8-10-2-1-6(3-10)4-11/h6,11H,1-5H2.